The van der Waals surface area contributed by atoms with Crippen molar-refractivity contribution in [2.45, 2.75) is 45.3 Å². The van der Waals surface area contributed by atoms with Gasteiger partial charge in [0.25, 0.3) is 0 Å². The van der Waals surface area contributed by atoms with Gasteiger partial charge in [0.15, 0.2) is 5.96 Å². The average Bonchev–Trinajstić information content (AvgIpc) is 3.52. The lowest BCUT2D eigenvalue weighted by molar-refractivity contribution is 0.0598. The van der Waals surface area contributed by atoms with E-state index in [4.69, 9.17) is 15.2 Å². The first-order chi connectivity index (χ1) is 13.5. The van der Waals surface area contributed by atoms with Gasteiger partial charge in [-0.15, -0.1) is 24.0 Å². The molecule has 0 bridgehead atoms. The molecule has 0 spiro atoms. The standard InChI is InChI=1S/C21H26N4O3.HI/c1-13(2)28-17-9-6-15(7-10-17)25-21(22)23-12-16-8-11-18(20(26)27-3)19(24-16)14-4-5-14;/h6-11,13-14H,4-5,12H2,1-3H3,(H3,22,23,25);1H. The number of carbonyl (C=O) groups excluding carboxylic acids is 1. The van der Waals surface area contributed by atoms with Crippen LogP contribution in [0.1, 0.15) is 54.4 Å². The van der Waals surface area contributed by atoms with E-state index < -0.39 is 0 Å². The number of pyridine rings is 1. The molecule has 1 saturated carbocycles. The van der Waals surface area contributed by atoms with Crippen LogP contribution in [0.5, 0.6) is 5.75 Å². The van der Waals surface area contributed by atoms with E-state index in [0.717, 1.165) is 35.7 Å². The molecule has 1 aliphatic carbocycles. The number of aromatic nitrogens is 1. The number of nitrogens with one attached hydrogen (secondary N) is 1. The van der Waals surface area contributed by atoms with Crippen LogP contribution in [-0.2, 0) is 11.3 Å². The molecule has 8 heteroatoms. The maximum Gasteiger partial charge on any atom is 0.339 e. The Bertz CT molecular complexity index is 865. The highest BCUT2D eigenvalue weighted by molar-refractivity contribution is 14.0. The molecule has 0 amide bonds. The van der Waals surface area contributed by atoms with Crippen molar-refractivity contribution in [2.75, 3.05) is 12.4 Å². The predicted molar refractivity (Wildman–Crippen MR) is 124 cm³/mol. The van der Waals surface area contributed by atoms with Gasteiger partial charge >= 0.3 is 5.97 Å². The molecule has 1 fully saturated rings. The Hall–Kier alpha value is -2.36. The molecule has 0 radical (unpaired) electrons. The zero-order chi connectivity index (χ0) is 20.1. The summed E-state index contributed by atoms with van der Waals surface area (Å²) >= 11 is 0. The lowest BCUT2D eigenvalue weighted by atomic mass is 10.1. The Labute approximate surface area is 188 Å². The number of aliphatic imine (C=N–C) groups is 1. The molecule has 7 nitrogen and oxygen atoms in total. The highest BCUT2D eigenvalue weighted by atomic mass is 127. The Morgan fingerprint density at radius 3 is 2.52 bits per heavy atom. The van der Waals surface area contributed by atoms with Crippen LogP contribution in [0, 0.1) is 0 Å². The van der Waals surface area contributed by atoms with Gasteiger partial charge < -0.3 is 20.5 Å². The minimum Gasteiger partial charge on any atom is -0.491 e. The Balaban J connectivity index is 0.00000300. The molecule has 2 aromatic rings. The number of esters is 1. The number of hydrogen-bond donors (Lipinski definition) is 2. The van der Waals surface area contributed by atoms with Crippen LogP contribution >= 0.6 is 24.0 Å². The van der Waals surface area contributed by atoms with E-state index in [9.17, 15) is 4.79 Å². The molecule has 0 atom stereocenters. The molecule has 1 aromatic heterocycles. The molecular formula is C21H27IN4O3. The minimum absolute atomic E-state index is 0. The van der Waals surface area contributed by atoms with Gasteiger partial charge in [-0.25, -0.2) is 9.79 Å². The van der Waals surface area contributed by atoms with Gasteiger partial charge in [-0.3, -0.25) is 4.98 Å². The number of guanidine groups is 1. The lowest BCUT2D eigenvalue weighted by Crippen LogP contribution is -2.22. The summed E-state index contributed by atoms with van der Waals surface area (Å²) in [6.07, 6.45) is 2.22. The second-order valence-electron chi connectivity index (χ2n) is 7.02. The second-order valence-corrected chi connectivity index (χ2v) is 7.02. The predicted octanol–water partition coefficient (Wildman–Crippen LogP) is 4.08. The molecule has 0 unspecified atom stereocenters. The van der Waals surface area contributed by atoms with E-state index in [2.05, 4.69) is 15.3 Å². The molecule has 1 aromatic carbocycles. The fourth-order valence-corrected chi connectivity index (χ4v) is 2.80. The van der Waals surface area contributed by atoms with E-state index in [-0.39, 0.29) is 36.0 Å². The Morgan fingerprint density at radius 1 is 1.24 bits per heavy atom. The van der Waals surface area contributed by atoms with Gasteiger partial charge in [0.2, 0.25) is 0 Å². The van der Waals surface area contributed by atoms with Crippen molar-refractivity contribution in [3.05, 3.63) is 53.3 Å². The Morgan fingerprint density at radius 2 is 1.93 bits per heavy atom. The number of hydrogen-bond acceptors (Lipinski definition) is 5. The summed E-state index contributed by atoms with van der Waals surface area (Å²) < 4.78 is 10.5. The first-order valence-corrected chi connectivity index (χ1v) is 9.38. The maximum atomic E-state index is 11.9. The molecule has 0 aliphatic heterocycles. The van der Waals surface area contributed by atoms with E-state index >= 15 is 0 Å². The minimum atomic E-state index is -0.351. The molecule has 0 saturated heterocycles. The van der Waals surface area contributed by atoms with Crippen molar-refractivity contribution in [1.29, 1.82) is 0 Å². The van der Waals surface area contributed by atoms with Crippen molar-refractivity contribution < 1.29 is 14.3 Å². The molecule has 156 valence electrons. The van der Waals surface area contributed by atoms with Gasteiger partial charge in [0.05, 0.1) is 36.7 Å². The molecule has 3 N–H and O–H groups in total. The number of methoxy groups -OCH3 is 1. The molecule has 1 heterocycles. The van der Waals surface area contributed by atoms with Crippen LogP contribution < -0.4 is 15.8 Å². The molecule has 1 aliphatic rings. The summed E-state index contributed by atoms with van der Waals surface area (Å²) in [6.45, 7) is 4.29. The van der Waals surface area contributed by atoms with Crippen LogP contribution in [0.2, 0.25) is 0 Å². The Kier molecular flexibility index (Phi) is 8.24. The molecule has 29 heavy (non-hydrogen) atoms. The number of halogens is 1. The van der Waals surface area contributed by atoms with E-state index in [1.165, 1.54) is 7.11 Å². The SMILES string of the molecule is COC(=O)c1ccc(CN=C(N)Nc2ccc(OC(C)C)cc2)nc1C1CC1.I. The van der Waals surface area contributed by atoms with Crippen LogP contribution in [0.3, 0.4) is 0 Å². The number of carbonyl (C=O) groups is 1. The van der Waals surface area contributed by atoms with Gasteiger partial charge in [0, 0.05) is 11.6 Å². The lowest BCUT2D eigenvalue weighted by Gasteiger charge is -2.11. The molecular weight excluding hydrogens is 483 g/mol. The van der Waals surface area contributed by atoms with Crippen molar-refractivity contribution in [2.24, 2.45) is 10.7 Å². The summed E-state index contributed by atoms with van der Waals surface area (Å²) in [4.78, 5) is 20.9. The topological polar surface area (TPSA) is 98.8 Å². The number of nitrogens with two attached hydrogens (primary N) is 1. The van der Waals surface area contributed by atoms with E-state index in [1.807, 2.05) is 38.1 Å². The fraction of sp³-hybridized carbons (Fsp3) is 0.381. The van der Waals surface area contributed by atoms with Crippen molar-refractivity contribution in [3.63, 3.8) is 0 Å². The van der Waals surface area contributed by atoms with Crippen molar-refractivity contribution >= 4 is 41.6 Å². The van der Waals surface area contributed by atoms with Gasteiger partial charge in [-0.2, -0.15) is 0 Å². The largest absolute Gasteiger partial charge is 0.491 e. The van der Waals surface area contributed by atoms with Crippen molar-refractivity contribution in [1.82, 2.24) is 4.98 Å². The number of nitrogens with zero attached hydrogens (tertiary/aromatic N) is 2. The number of anilines is 1. The second kappa shape index (κ2) is 10.4. The van der Waals surface area contributed by atoms with Gasteiger partial charge in [-0.1, -0.05) is 0 Å². The summed E-state index contributed by atoms with van der Waals surface area (Å²) in [5.41, 5.74) is 8.91. The first-order valence-electron chi connectivity index (χ1n) is 9.38. The maximum absolute atomic E-state index is 11.9. The van der Waals surface area contributed by atoms with Crippen molar-refractivity contribution in [3.8, 4) is 5.75 Å². The monoisotopic (exact) mass is 510 g/mol. The average molecular weight is 510 g/mol. The first kappa shape index (κ1) is 22.9. The zero-order valence-electron chi connectivity index (χ0n) is 16.8. The van der Waals surface area contributed by atoms with Crippen LogP contribution in [0.25, 0.3) is 0 Å². The summed E-state index contributed by atoms with van der Waals surface area (Å²) in [7, 11) is 1.38. The fourth-order valence-electron chi connectivity index (χ4n) is 2.80. The van der Waals surface area contributed by atoms with Gasteiger partial charge in [-0.05, 0) is 63.1 Å². The normalized spacial score (nSPS) is 13.6. The van der Waals surface area contributed by atoms with Crippen LogP contribution in [0.4, 0.5) is 5.69 Å². The highest BCUT2D eigenvalue weighted by Gasteiger charge is 2.30. The van der Waals surface area contributed by atoms with E-state index in [0.29, 0.717) is 24.0 Å². The summed E-state index contributed by atoms with van der Waals surface area (Å²) in [6, 6.07) is 11.1. The third-order valence-corrected chi connectivity index (χ3v) is 4.26. The zero-order valence-corrected chi connectivity index (χ0v) is 19.2. The van der Waals surface area contributed by atoms with Crippen LogP contribution in [-0.4, -0.2) is 30.1 Å². The summed E-state index contributed by atoms with van der Waals surface area (Å²) in [5, 5.41) is 3.05. The van der Waals surface area contributed by atoms with Crippen LogP contribution in [0.15, 0.2) is 41.4 Å². The highest BCUT2D eigenvalue weighted by Crippen LogP contribution is 2.40. The number of ether oxygens (including phenoxy) is 2. The summed E-state index contributed by atoms with van der Waals surface area (Å²) in [5.74, 6) is 1.08. The molecule has 3 rings (SSSR count). The smallest absolute Gasteiger partial charge is 0.339 e. The third-order valence-electron chi connectivity index (χ3n) is 4.26. The number of benzene rings is 1. The van der Waals surface area contributed by atoms with E-state index in [1.54, 1.807) is 12.1 Å². The third kappa shape index (κ3) is 6.59. The van der Waals surface area contributed by atoms with Gasteiger partial charge in [0.1, 0.15) is 5.75 Å². The number of rotatable bonds is 7. The quantitative estimate of drug-likeness (QED) is 0.252.